The first-order chi connectivity index (χ1) is 15.9. The van der Waals surface area contributed by atoms with Gasteiger partial charge in [0.2, 0.25) is 0 Å². The van der Waals surface area contributed by atoms with Crippen molar-refractivity contribution in [2.75, 3.05) is 0 Å². The maximum absolute atomic E-state index is 3.64. The summed E-state index contributed by atoms with van der Waals surface area (Å²) in [5, 5.41) is 5.16. The third-order valence-electron chi connectivity index (χ3n) is 7.06. The predicted molar refractivity (Wildman–Crippen MR) is 135 cm³/mol. The molecule has 0 spiro atoms. The molecule has 0 amide bonds. The molecule has 0 aliphatic carbocycles. The van der Waals surface area contributed by atoms with Crippen LogP contribution in [0, 0.1) is 0 Å². The zero-order chi connectivity index (χ0) is 20.8. The normalized spacial score (nSPS) is 12.4. The minimum absolute atomic E-state index is 1.18. The molecule has 0 unspecified atom stereocenters. The van der Waals surface area contributed by atoms with Crippen LogP contribution in [0.5, 0.6) is 0 Å². The summed E-state index contributed by atoms with van der Waals surface area (Å²) >= 11 is 0. The maximum Gasteiger partial charge on any atom is 0.0619 e. The number of fused-ring (bicyclic) bond motifs is 11. The SMILES string of the molecule is c1ccc2c(c1)-c1cc3[nH]c4ccccc4c3cc1-c1cccc3c4ccccc4n-2c13. The van der Waals surface area contributed by atoms with Gasteiger partial charge in [0.05, 0.1) is 16.7 Å². The van der Waals surface area contributed by atoms with Crippen LogP contribution >= 0.6 is 0 Å². The summed E-state index contributed by atoms with van der Waals surface area (Å²) in [5.41, 5.74) is 11.3. The first-order valence-corrected chi connectivity index (χ1v) is 11.1. The van der Waals surface area contributed by atoms with Crippen molar-refractivity contribution >= 4 is 43.6 Å². The van der Waals surface area contributed by atoms with Crippen molar-refractivity contribution < 1.29 is 0 Å². The first-order valence-electron chi connectivity index (χ1n) is 11.1. The highest BCUT2D eigenvalue weighted by molar-refractivity contribution is 6.18. The summed E-state index contributed by atoms with van der Waals surface area (Å²) in [5.74, 6) is 0. The number of nitrogens with zero attached hydrogens (tertiary/aromatic N) is 1. The van der Waals surface area contributed by atoms with Crippen LogP contribution in [0.15, 0.2) is 103 Å². The van der Waals surface area contributed by atoms with E-state index < -0.39 is 0 Å². The molecule has 1 aliphatic heterocycles. The Kier molecular flexibility index (Phi) is 2.91. The Bertz CT molecular complexity index is 1880. The quantitative estimate of drug-likeness (QED) is 0.263. The van der Waals surface area contributed by atoms with E-state index in [9.17, 15) is 0 Å². The van der Waals surface area contributed by atoms with Crippen molar-refractivity contribution in [2.24, 2.45) is 0 Å². The summed E-state index contributed by atoms with van der Waals surface area (Å²) in [4.78, 5) is 3.64. The minimum atomic E-state index is 1.18. The highest BCUT2D eigenvalue weighted by atomic mass is 15.0. The van der Waals surface area contributed by atoms with E-state index in [1.807, 2.05) is 0 Å². The van der Waals surface area contributed by atoms with E-state index in [0.29, 0.717) is 0 Å². The van der Waals surface area contributed by atoms with Gasteiger partial charge in [-0.1, -0.05) is 72.8 Å². The molecule has 7 aromatic rings. The molecule has 1 aliphatic rings. The molecule has 0 radical (unpaired) electrons. The first kappa shape index (κ1) is 16.4. The van der Waals surface area contributed by atoms with E-state index in [1.54, 1.807) is 0 Å². The van der Waals surface area contributed by atoms with Crippen molar-refractivity contribution in [1.29, 1.82) is 0 Å². The molecule has 8 rings (SSSR count). The molecule has 32 heavy (non-hydrogen) atoms. The highest BCUT2D eigenvalue weighted by Gasteiger charge is 2.24. The van der Waals surface area contributed by atoms with E-state index in [1.165, 1.54) is 71.6 Å². The number of nitrogens with one attached hydrogen (secondary N) is 1. The van der Waals surface area contributed by atoms with Gasteiger partial charge in [0.1, 0.15) is 0 Å². The number of para-hydroxylation sites is 4. The van der Waals surface area contributed by atoms with Crippen LogP contribution in [0.25, 0.3) is 71.6 Å². The smallest absolute Gasteiger partial charge is 0.0619 e. The van der Waals surface area contributed by atoms with E-state index in [-0.39, 0.29) is 0 Å². The lowest BCUT2D eigenvalue weighted by atomic mass is 9.92. The van der Waals surface area contributed by atoms with Crippen molar-refractivity contribution in [3.05, 3.63) is 103 Å². The van der Waals surface area contributed by atoms with E-state index in [2.05, 4.69) is 113 Å². The number of benzene rings is 5. The van der Waals surface area contributed by atoms with Crippen LogP contribution < -0.4 is 0 Å². The van der Waals surface area contributed by atoms with Gasteiger partial charge in [-0.3, -0.25) is 0 Å². The lowest BCUT2D eigenvalue weighted by Gasteiger charge is -2.12. The van der Waals surface area contributed by atoms with E-state index >= 15 is 0 Å². The molecule has 2 aromatic heterocycles. The molecule has 0 atom stereocenters. The molecule has 2 nitrogen and oxygen atoms in total. The fourth-order valence-electron chi connectivity index (χ4n) is 5.73. The minimum Gasteiger partial charge on any atom is -0.354 e. The molecule has 1 N–H and O–H groups in total. The van der Waals surface area contributed by atoms with Crippen LogP contribution in [0.2, 0.25) is 0 Å². The maximum atomic E-state index is 3.64. The molecule has 3 heterocycles. The molecule has 0 saturated heterocycles. The monoisotopic (exact) mass is 406 g/mol. The molecule has 5 aromatic carbocycles. The Morgan fingerprint density at radius 1 is 0.469 bits per heavy atom. The molecule has 0 saturated carbocycles. The van der Waals surface area contributed by atoms with Crippen molar-refractivity contribution in [1.82, 2.24) is 9.55 Å². The lowest BCUT2D eigenvalue weighted by Crippen LogP contribution is -1.95. The topological polar surface area (TPSA) is 20.7 Å². The van der Waals surface area contributed by atoms with Gasteiger partial charge in [-0.05, 0) is 41.5 Å². The van der Waals surface area contributed by atoms with Crippen molar-refractivity contribution in [3.63, 3.8) is 0 Å². The van der Waals surface area contributed by atoms with E-state index in [4.69, 9.17) is 0 Å². The lowest BCUT2D eigenvalue weighted by molar-refractivity contribution is 1.19. The number of rotatable bonds is 0. The molecule has 0 fully saturated rings. The van der Waals surface area contributed by atoms with Crippen molar-refractivity contribution in [2.45, 2.75) is 0 Å². The fraction of sp³-hybridized carbons (Fsp3) is 0. The summed E-state index contributed by atoms with van der Waals surface area (Å²) in [6, 6.07) is 37.6. The van der Waals surface area contributed by atoms with Gasteiger partial charge in [0, 0.05) is 43.7 Å². The van der Waals surface area contributed by atoms with Crippen LogP contribution in [0.3, 0.4) is 0 Å². The van der Waals surface area contributed by atoms with Gasteiger partial charge >= 0.3 is 0 Å². The average molecular weight is 406 g/mol. The zero-order valence-electron chi connectivity index (χ0n) is 17.3. The second-order valence-electron chi connectivity index (χ2n) is 8.69. The van der Waals surface area contributed by atoms with Crippen LogP contribution in [0.1, 0.15) is 0 Å². The molecule has 2 heteroatoms. The Hall–Kier alpha value is -4.30. The third-order valence-corrected chi connectivity index (χ3v) is 7.06. The summed E-state index contributed by atoms with van der Waals surface area (Å²) in [6.07, 6.45) is 0. The van der Waals surface area contributed by atoms with Crippen LogP contribution in [-0.2, 0) is 0 Å². The van der Waals surface area contributed by atoms with Crippen molar-refractivity contribution in [3.8, 4) is 27.9 Å². The second kappa shape index (κ2) is 5.68. The second-order valence-corrected chi connectivity index (χ2v) is 8.69. The number of aromatic amines is 1. The molecule has 0 bridgehead atoms. The van der Waals surface area contributed by atoms with Gasteiger partial charge in [0.15, 0.2) is 0 Å². The Labute approximate surface area is 184 Å². The van der Waals surface area contributed by atoms with Gasteiger partial charge < -0.3 is 9.55 Å². The van der Waals surface area contributed by atoms with Gasteiger partial charge in [-0.25, -0.2) is 0 Å². The number of H-pyrrole nitrogens is 1. The standard InChI is InChI=1S/C30H18N2/c1-4-13-26-18(8-1)25-16-23-22-12-7-11-21-19-9-2-5-14-28(19)32(30(21)22)29-15-6-3-10-20(29)24(23)17-27(25)31-26/h1-17,31H. The Morgan fingerprint density at radius 2 is 1.19 bits per heavy atom. The average Bonchev–Trinajstić information content (AvgIpc) is 3.35. The van der Waals surface area contributed by atoms with Crippen LogP contribution in [0.4, 0.5) is 0 Å². The zero-order valence-corrected chi connectivity index (χ0v) is 17.3. The largest absolute Gasteiger partial charge is 0.354 e. The number of hydrogen-bond acceptors (Lipinski definition) is 0. The fourth-order valence-corrected chi connectivity index (χ4v) is 5.73. The Balaban J connectivity index is 1.66. The van der Waals surface area contributed by atoms with E-state index in [0.717, 1.165) is 0 Å². The third kappa shape index (κ3) is 1.91. The molecule has 148 valence electrons. The molecular formula is C30H18N2. The predicted octanol–water partition coefficient (Wildman–Crippen LogP) is 8.07. The summed E-state index contributed by atoms with van der Waals surface area (Å²) in [7, 11) is 0. The molecular weight excluding hydrogens is 388 g/mol. The van der Waals surface area contributed by atoms with Gasteiger partial charge in [-0.2, -0.15) is 0 Å². The summed E-state index contributed by atoms with van der Waals surface area (Å²) in [6.45, 7) is 0. The van der Waals surface area contributed by atoms with Crippen LogP contribution in [-0.4, -0.2) is 9.55 Å². The number of hydrogen-bond donors (Lipinski definition) is 1. The number of aromatic nitrogens is 2. The van der Waals surface area contributed by atoms with Gasteiger partial charge in [-0.15, -0.1) is 0 Å². The Morgan fingerprint density at radius 3 is 2.16 bits per heavy atom. The highest BCUT2D eigenvalue weighted by Crippen LogP contribution is 2.48. The summed E-state index contributed by atoms with van der Waals surface area (Å²) < 4.78 is 2.46. The van der Waals surface area contributed by atoms with Gasteiger partial charge in [0.25, 0.3) is 0 Å².